The Morgan fingerprint density at radius 3 is 2.36 bits per heavy atom. The molecule has 0 spiro atoms. The highest BCUT2D eigenvalue weighted by Gasteiger charge is 2.40. The minimum Gasteiger partial charge on any atom is -0.623 e. The minimum atomic E-state index is -0.941. The normalized spacial score (nSPS) is 15.3. The van der Waals surface area contributed by atoms with E-state index in [4.69, 9.17) is 9.47 Å². The summed E-state index contributed by atoms with van der Waals surface area (Å²) in [6, 6.07) is 14.1. The molecule has 1 unspecified atom stereocenters. The van der Waals surface area contributed by atoms with Crippen LogP contribution in [0.2, 0.25) is 0 Å². The second-order valence-corrected chi connectivity index (χ2v) is 8.14. The fourth-order valence-electron chi connectivity index (χ4n) is 3.86. The van der Waals surface area contributed by atoms with E-state index in [0.29, 0.717) is 22.5 Å². The first-order valence-electron chi connectivity index (χ1n) is 11.8. The van der Waals surface area contributed by atoms with E-state index in [2.05, 4.69) is 0 Å². The topological polar surface area (TPSA) is 99.0 Å². The maximum Gasteiger partial charge on any atom is 0.330 e. The molecule has 2 aromatic rings. The van der Waals surface area contributed by atoms with Crippen LogP contribution in [-0.2, 0) is 30.4 Å². The van der Waals surface area contributed by atoms with Crippen molar-refractivity contribution in [3.05, 3.63) is 94.7 Å². The van der Waals surface area contributed by atoms with E-state index in [0.717, 1.165) is 17.2 Å². The van der Waals surface area contributed by atoms with Crippen LogP contribution in [0.4, 0.5) is 5.69 Å². The molecule has 188 valence electrons. The van der Waals surface area contributed by atoms with Crippen molar-refractivity contribution in [1.29, 1.82) is 0 Å². The van der Waals surface area contributed by atoms with Gasteiger partial charge in [-0.25, -0.2) is 9.59 Å². The van der Waals surface area contributed by atoms with Crippen molar-refractivity contribution < 1.29 is 28.6 Å². The van der Waals surface area contributed by atoms with Crippen molar-refractivity contribution in [1.82, 2.24) is 0 Å². The van der Waals surface area contributed by atoms with Gasteiger partial charge in [-0.05, 0) is 44.5 Å². The molecule has 1 heterocycles. The van der Waals surface area contributed by atoms with Gasteiger partial charge in [-0.15, -0.1) is 0 Å². The molecule has 36 heavy (non-hydrogen) atoms. The third-order valence-electron chi connectivity index (χ3n) is 5.51. The molecule has 2 aromatic carbocycles. The molecule has 0 radical (unpaired) electrons. The standard InChI is InChI=1S/C28H30N2O6/c1-4-35-25(31)13-9-12-22(15-17-26(32)36-5-2)30(34)27-23-18-20(3)14-16-24(23)29(28(27)33)19-21-10-7-6-8-11-21/h6-11,13-18,22H,4-5,12,19H2,1-3H3/b13-9+,17-15+,30-27-. The summed E-state index contributed by atoms with van der Waals surface area (Å²) in [5.74, 6) is -1.57. The van der Waals surface area contributed by atoms with Crippen LogP contribution in [-0.4, -0.2) is 47.6 Å². The second kappa shape index (κ2) is 12.5. The summed E-state index contributed by atoms with van der Waals surface area (Å²) in [6.45, 7) is 5.98. The maximum absolute atomic E-state index is 13.7. The molecular weight excluding hydrogens is 460 g/mol. The van der Waals surface area contributed by atoms with E-state index in [1.54, 1.807) is 24.8 Å². The summed E-state index contributed by atoms with van der Waals surface area (Å²) in [4.78, 5) is 38.8. The van der Waals surface area contributed by atoms with Gasteiger partial charge in [-0.1, -0.05) is 48.0 Å². The van der Waals surface area contributed by atoms with E-state index in [9.17, 15) is 19.6 Å². The molecule has 3 rings (SSSR count). The van der Waals surface area contributed by atoms with Crippen LogP contribution in [0, 0.1) is 12.1 Å². The van der Waals surface area contributed by atoms with E-state index >= 15 is 0 Å². The van der Waals surface area contributed by atoms with Crippen LogP contribution in [0.1, 0.15) is 37.0 Å². The van der Waals surface area contributed by atoms with Crippen molar-refractivity contribution in [3.8, 4) is 0 Å². The third-order valence-corrected chi connectivity index (χ3v) is 5.51. The number of hydroxylamine groups is 1. The summed E-state index contributed by atoms with van der Waals surface area (Å²) in [5, 5.41) is 13.7. The highest BCUT2D eigenvalue weighted by molar-refractivity contribution is 6.52. The quantitative estimate of drug-likeness (QED) is 0.165. The predicted octanol–water partition coefficient (Wildman–Crippen LogP) is 3.84. The molecule has 8 nitrogen and oxygen atoms in total. The first kappa shape index (κ1) is 26.4. The SMILES string of the molecule is CCOC(=O)/C=C/CC(/C=C/C(=O)OCC)/[N+]([O-])=C1/C(=O)N(Cc2ccccc2)c2ccc(C)cc21. The lowest BCUT2D eigenvalue weighted by molar-refractivity contribution is -0.485. The molecule has 1 atom stereocenters. The average Bonchev–Trinajstić information content (AvgIpc) is 3.12. The molecule has 0 aliphatic carbocycles. The molecule has 1 amide bonds. The first-order chi connectivity index (χ1) is 17.3. The molecular formula is C28H30N2O6. The molecule has 8 heteroatoms. The Hall–Kier alpha value is -4.20. The van der Waals surface area contributed by atoms with E-state index in [1.807, 2.05) is 49.4 Å². The van der Waals surface area contributed by atoms with Gasteiger partial charge in [-0.2, -0.15) is 4.74 Å². The van der Waals surface area contributed by atoms with Gasteiger partial charge in [-0.3, -0.25) is 9.69 Å². The smallest absolute Gasteiger partial charge is 0.330 e. The van der Waals surface area contributed by atoms with Gasteiger partial charge in [0, 0.05) is 18.6 Å². The lowest BCUT2D eigenvalue weighted by atomic mass is 10.1. The van der Waals surface area contributed by atoms with Crippen LogP contribution >= 0.6 is 0 Å². The number of ether oxygens (including phenoxy) is 2. The van der Waals surface area contributed by atoms with Crippen LogP contribution in [0.5, 0.6) is 0 Å². The van der Waals surface area contributed by atoms with Crippen LogP contribution in [0.15, 0.2) is 72.8 Å². The lowest BCUT2D eigenvalue weighted by Gasteiger charge is -2.17. The number of rotatable bonds is 10. The minimum absolute atomic E-state index is 0.0207. The summed E-state index contributed by atoms with van der Waals surface area (Å²) in [7, 11) is 0. The Bertz CT molecular complexity index is 1200. The monoisotopic (exact) mass is 490 g/mol. The van der Waals surface area contributed by atoms with E-state index < -0.39 is 23.9 Å². The largest absolute Gasteiger partial charge is 0.623 e. The summed E-state index contributed by atoms with van der Waals surface area (Å²) in [5.41, 5.74) is 2.96. The molecule has 0 fully saturated rings. The van der Waals surface area contributed by atoms with Gasteiger partial charge in [0.05, 0.1) is 31.0 Å². The molecule has 0 N–H and O–H groups in total. The number of fused-ring (bicyclic) bond motifs is 1. The number of carbonyl (C=O) groups is 3. The lowest BCUT2D eigenvalue weighted by Crippen LogP contribution is -2.36. The molecule has 0 bridgehead atoms. The van der Waals surface area contributed by atoms with Gasteiger partial charge in [0.1, 0.15) is 0 Å². The van der Waals surface area contributed by atoms with Crippen molar-refractivity contribution in [3.63, 3.8) is 0 Å². The average molecular weight is 491 g/mol. The molecule has 1 aliphatic heterocycles. The van der Waals surface area contributed by atoms with Gasteiger partial charge in [0.15, 0.2) is 6.04 Å². The zero-order chi connectivity index (χ0) is 26.1. The number of carbonyl (C=O) groups excluding carboxylic acids is 3. The number of hydrogen-bond acceptors (Lipinski definition) is 6. The van der Waals surface area contributed by atoms with Crippen LogP contribution < -0.4 is 4.90 Å². The first-order valence-corrected chi connectivity index (χ1v) is 11.8. The number of benzene rings is 2. The Morgan fingerprint density at radius 2 is 1.69 bits per heavy atom. The Kier molecular flexibility index (Phi) is 9.16. The van der Waals surface area contributed by atoms with Gasteiger partial charge < -0.3 is 14.7 Å². The number of anilines is 1. The number of esters is 2. The fourth-order valence-corrected chi connectivity index (χ4v) is 3.86. The predicted molar refractivity (Wildman–Crippen MR) is 136 cm³/mol. The summed E-state index contributed by atoms with van der Waals surface area (Å²) >= 11 is 0. The fraction of sp³-hybridized carbons (Fsp3) is 0.286. The molecule has 1 aliphatic rings. The Labute approximate surface area is 210 Å². The van der Waals surface area contributed by atoms with Crippen molar-refractivity contribution in [2.24, 2.45) is 0 Å². The summed E-state index contributed by atoms with van der Waals surface area (Å²) < 4.78 is 10.4. The zero-order valence-corrected chi connectivity index (χ0v) is 20.7. The van der Waals surface area contributed by atoms with Crippen molar-refractivity contribution >= 4 is 29.2 Å². The van der Waals surface area contributed by atoms with E-state index in [-0.39, 0.29) is 25.3 Å². The van der Waals surface area contributed by atoms with Gasteiger partial charge >= 0.3 is 17.8 Å². The Balaban J connectivity index is 2.02. The number of aryl methyl sites for hydroxylation is 1. The maximum atomic E-state index is 13.7. The van der Waals surface area contributed by atoms with Crippen LogP contribution in [0.25, 0.3) is 0 Å². The number of amides is 1. The summed E-state index contributed by atoms with van der Waals surface area (Å²) in [6.07, 6.45) is 5.33. The highest BCUT2D eigenvalue weighted by Crippen LogP contribution is 2.32. The van der Waals surface area contributed by atoms with Gasteiger partial charge in [0.2, 0.25) is 0 Å². The molecule has 0 aromatic heterocycles. The highest BCUT2D eigenvalue weighted by atomic mass is 16.5. The zero-order valence-electron chi connectivity index (χ0n) is 20.7. The second-order valence-electron chi connectivity index (χ2n) is 8.14. The van der Waals surface area contributed by atoms with E-state index in [1.165, 1.54) is 18.2 Å². The van der Waals surface area contributed by atoms with Crippen molar-refractivity contribution in [2.45, 2.75) is 39.8 Å². The van der Waals surface area contributed by atoms with Gasteiger partial charge in [0.25, 0.3) is 5.71 Å². The van der Waals surface area contributed by atoms with Crippen molar-refractivity contribution in [2.75, 3.05) is 18.1 Å². The number of hydrogen-bond donors (Lipinski definition) is 0. The molecule has 0 saturated carbocycles. The third kappa shape index (κ3) is 6.47. The Morgan fingerprint density at radius 1 is 1.03 bits per heavy atom. The number of nitrogens with zero attached hydrogens (tertiary/aromatic N) is 2. The van der Waals surface area contributed by atoms with Crippen LogP contribution in [0.3, 0.4) is 0 Å². The molecule has 0 saturated heterocycles.